The van der Waals surface area contributed by atoms with E-state index in [9.17, 15) is 4.79 Å². The quantitative estimate of drug-likeness (QED) is 0.739. The van der Waals surface area contributed by atoms with Crippen LogP contribution in [0.25, 0.3) is 0 Å². The highest BCUT2D eigenvalue weighted by Crippen LogP contribution is 2.29. The lowest BCUT2D eigenvalue weighted by Gasteiger charge is -2.28. The van der Waals surface area contributed by atoms with Gasteiger partial charge in [-0.1, -0.05) is 0 Å². The Morgan fingerprint density at radius 1 is 1.53 bits per heavy atom. The van der Waals surface area contributed by atoms with E-state index >= 15 is 0 Å². The first kappa shape index (κ1) is 10.5. The molecule has 3 nitrogen and oxygen atoms in total. The van der Waals surface area contributed by atoms with E-state index < -0.39 is 0 Å². The van der Waals surface area contributed by atoms with E-state index in [4.69, 9.17) is 5.14 Å². The molecule has 0 unspecified atom stereocenters. The molecule has 15 heavy (non-hydrogen) atoms. The maximum absolute atomic E-state index is 11.4. The second-order valence-corrected chi connectivity index (χ2v) is 4.39. The molecule has 0 fully saturated rings. The Labute approximate surface area is 93.8 Å². The van der Waals surface area contributed by atoms with Gasteiger partial charge in [0.1, 0.15) is 0 Å². The van der Waals surface area contributed by atoms with Crippen molar-refractivity contribution in [3.63, 3.8) is 0 Å². The van der Waals surface area contributed by atoms with E-state index in [0.717, 1.165) is 30.0 Å². The maximum Gasteiger partial charge on any atom is 0.223 e. The van der Waals surface area contributed by atoms with Gasteiger partial charge in [0.25, 0.3) is 0 Å². The molecule has 0 radical (unpaired) electrons. The Kier molecular flexibility index (Phi) is 2.98. The van der Waals surface area contributed by atoms with Crippen LogP contribution >= 0.6 is 11.9 Å². The number of carbonyl (C=O) groups excluding carboxylic acids is 1. The Bertz CT molecular complexity index is 392. The summed E-state index contributed by atoms with van der Waals surface area (Å²) in [5.74, 6) is 0.115. The lowest BCUT2D eigenvalue weighted by Crippen LogP contribution is -2.33. The van der Waals surface area contributed by atoms with Gasteiger partial charge in [-0.3, -0.25) is 9.93 Å². The number of fused-ring (bicyclic) bond motifs is 1. The lowest BCUT2D eigenvalue weighted by molar-refractivity contribution is -0.116. The van der Waals surface area contributed by atoms with Crippen molar-refractivity contribution in [1.82, 2.24) is 0 Å². The monoisotopic (exact) mass is 222 g/mol. The summed E-state index contributed by atoms with van der Waals surface area (Å²) < 4.78 is 0. The number of aryl methyl sites for hydroxylation is 1. The van der Waals surface area contributed by atoms with E-state index in [-0.39, 0.29) is 5.91 Å². The van der Waals surface area contributed by atoms with Crippen LogP contribution in [0.5, 0.6) is 0 Å². The standard InChI is InChI=1S/C11H14N2OS/c1-8(14)13-6-2-3-9-7-10(15-12)4-5-11(9)13/h4-5,7H,2-3,6,12H2,1H3. The SMILES string of the molecule is CC(=O)N1CCCc2cc(SN)ccc21. The van der Waals surface area contributed by atoms with Crippen LogP contribution < -0.4 is 10.0 Å². The highest BCUT2D eigenvalue weighted by Gasteiger charge is 2.19. The number of hydrogen-bond donors (Lipinski definition) is 1. The summed E-state index contributed by atoms with van der Waals surface area (Å²) in [6.45, 7) is 2.44. The van der Waals surface area contributed by atoms with Gasteiger partial charge < -0.3 is 4.90 Å². The third kappa shape index (κ3) is 2.01. The van der Waals surface area contributed by atoms with Crippen LogP contribution in [0.15, 0.2) is 23.1 Å². The van der Waals surface area contributed by atoms with Crippen molar-refractivity contribution >= 4 is 23.5 Å². The van der Waals surface area contributed by atoms with E-state index in [1.807, 2.05) is 17.0 Å². The Balaban J connectivity index is 2.40. The van der Waals surface area contributed by atoms with Crippen molar-refractivity contribution in [3.8, 4) is 0 Å². The predicted molar refractivity (Wildman–Crippen MR) is 62.8 cm³/mol. The minimum atomic E-state index is 0.115. The van der Waals surface area contributed by atoms with Crippen molar-refractivity contribution in [1.29, 1.82) is 0 Å². The van der Waals surface area contributed by atoms with E-state index in [0.29, 0.717) is 0 Å². The van der Waals surface area contributed by atoms with E-state index in [1.165, 1.54) is 17.5 Å². The molecule has 4 heteroatoms. The molecule has 0 atom stereocenters. The lowest BCUT2D eigenvalue weighted by atomic mass is 10.0. The fraction of sp³-hybridized carbons (Fsp3) is 0.364. The number of amides is 1. The molecule has 0 spiro atoms. The van der Waals surface area contributed by atoms with Gasteiger partial charge >= 0.3 is 0 Å². The van der Waals surface area contributed by atoms with Gasteiger partial charge in [0.15, 0.2) is 0 Å². The summed E-state index contributed by atoms with van der Waals surface area (Å²) in [6, 6.07) is 6.03. The highest BCUT2D eigenvalue weighted by atomic mass is 32.2. The van der Waals surface area contributed by atoms with Crippen LogP contribution in [0, 0.1) is 0 Å². The molecule has 0 aromatic heterocycles. The first-order chi connectivity index (χ1) is 7.22. The second-order valence-electron chi connectivity index (χ2n) is 3.68. The molecule has 1 aliphatic heterocycles. The van der Waals surface area contributed by atoms with Gasteiger partial charge in [0.05, 0.1) is 0 Å². The smallest absolute Gasteiger partial charge is 0.223 e. The fourth-order valence-corrected chi connectivity index (χ4v) is 2.33. The molecular formula is C11H14N2OS. The molecule has 80 valence electrons. The normalized spacial score (nSPS) is 14.9. The van der Waals surface area contributed by atoms with Crippen molar-refractivity contribution in [2.24, 2.45) is 5.14 Å². The third-order valence-electron chi connectivity index (χ3n) is 2.69. The van der Waals surface area contributed by atoms with Gasteiger partial charge in [-0.05, 0) is 48.6 Å². The number of rotatable bonds is 1. The zero-order valence-electron chi connectivity index (χ0n) is 8.69. The van der Waals surface area contributed by atoms with Gasteiger partial charge in [0, 0.05) is 24.1 Å². The molecule has 1 heterocycles. The molecule has 1 amide bonds. The number of benzene rings is 1. The average molecular weight is 222 g/mol. The largest absolute Gasteiger partial charge is 0.312 e. The minimum absolute atomic E-state index is 0.115. The van der Waals surface area contributed by atoms with Crippen molar-refractivity contribution in [2.45, 2.75) is 24.7 Å². The zero-order valence-corrected chi connectivity index (χ0v) is 9.51. The zero-order chi connectivity index (χ0) is 10.8. The van der Waals surface area contributed by atoms with Crippen LogP contribution in [0.1, 0.15) is 18.9 Å². The highest BCUT2D eigenvalue weighted by molar-refractivity contribution is 7.97. The van der Waals surface area contributed by atoms with E-state index in [2.05, 4.69) is 6.07 Å². The van der Waals surface area contributed by atoms with Crippen LogP contribution in [0.2, 0.25) is 0 Å². The topological polar surface area (TPSA) is 46.3 Å². The molecule has 1 aliphatic rings. The maximum atomic E-state index is 11.4. The Morgan fingerprint density at radius 3 is 3.00 bits per heavy atom. The van der Waals surface area contributed by atoms with Crippen LogP contribution in [0.4, 0.5) is 5.69 Å². The molecule has 0 saturated heterocycles. The van der Waals surface area contributed by atoms with Crippen molar-refractivity contribution in [2.75, 3.05) is 11.4 Å². The molecule has 0 saturated carbocycles. The van der Waals surface area contributed by atoms with E-state index in [1.54, 1.807) is 6.92 Å². The molecule has 0 aliphatic carbocycles. The second kappa shape index (κ2) is 4.24. The molecule has 1 aromatic carbocycles. The van der Waals surface area contributed by atoms with Crippen LogP contribution in [0.3, 0.4) is 0 Å². The molecule has 2 rings (SSSR count). The minimum Gasteiger partial charge on any atom is -0.312 e. The predicted octanol–water partition coefficient (Wildman–Crippen LogP) is 1.95. The number of nitrogens with zero attached hydrogens (tertiary/aromatic N) is 1. The third-order valence-corrected chi connectivity index (χ3v) is 3.21. The fourth-order valence-electron chi connectivity index (χ4n) is 1.97. The Morgan fingerprint density at radius 2 is 2.33 bits per heavy atom. The van der Waals surface area contributed by atoms with Crippen molar-refractivity contribution < 1.29 is 4.79 Å². The summed E-state index contributed by atoms with van der Waals surface area (Å²) in [7, 11) is 0. The first-order valence-electron chi connectivity index (χ1n) is 5.00. The number of hydrogen-bond acceptors (Lipinski definition) is 3. The molecule has 1 aromatic rings. The van der Waals surface area contributed by atoms with Gasteiger partial charge in [0.2, 0.25) is 5.91 Å². The summed E-state index contributed by atoms with van der Waals surface area (Å²) in [4.78, 5) is 14.3. The van der Waals surface area contributed by atoms with Gasteiger partial charge in [-0.2, -0.15) is 0 Å². The molecular weight excluding hydrogens is 208 g/mol. The average Bonchev–Trinajstić information content (AvgIpc) is 2.27. The summed E-state index contributed by atoms with van der Waals surface area (Å²) >= 11 is 1.25. The molecule has 2 N–H and O–H groups in total. The first-order valence-corrected chi connectivity index (χ1v) is 5.88. The number of carbonyl (C=O) groups is 1. The van der Waals surface area contributed by atoms with Crippen LogP contribution in [-0.4, -0.2) is 12.5 Å². The Hall–Kier alpha value is -1.00. The number of anilines is 1. The summed E-state index contributed by atoms with van der Waals surface area (Å²) in [5, 5.41) is 5.51. The molecule has 0 bridgehead atoms. The van der Waals surface area contributed by atoms with Gasteiger partial charge in [-0.25, -0.2) is 0 Å². The van der Waals surface area contributed by atoms with Crippen molar-refractivity contribution in [3.05, 3.63) is 23.8 Å². The van der Waals surface area contributed by atoms with Crippen LogP contribution in [-0.2, 0) is 11.2 Å². The summed E-state index contributed by atoms with van der Waals surface area (Å²) in [6.07, 6.45) is 2.07. The van der Waals surface area contributed by atoms with Gasteiger partial charge in [-0.15, -0.1) is 0 Å². The number of nitrogens with two attached hydrogens (primary N) is 1. The summed E-state index contributed by atoms with van der Waals surface area (Å²) in [5.41, 5.74) is 2.28.